The molecule has 0 spiro atoms. The van der Waals surface area contributed by atoms with E-state index in [0.29, 0.717) is 31.6 Å². The summed E-state index contributed by atoms with van der Waals surface area (Å²) in [5, 5.41) is 9.87. The summed E-state index contributed by atoms with van der Waals surface area (Å²) in [5.74, 6) is 0.643. The molecule has 30 heavy (non-hydrogen) atoms. The molecule has 0 radical (unpaired) electrons. The third-order valence-corrected chi connectivity index (χ3v) is 9.16. The van der Waals surface area contributed by atoms with Crippen LogP contribution in [0.5, 0.6) is 0 Å². The van der Waals surface area contributed by atoms with Crippen molar-refractivity contribution in [1.29, 1.82) is 0 Å². The third-order valence-electron chi connectivity index (χ3n) is 6.01. The van der Waals surface area contributed by atoms with Crippen LogP contribution in [0.1, 0.15) is 55.0 Å². The number of hydrogen-bond donors (Lipinski definition) is 2. The van der Waals surface area contributed by atoms with Crippen LogP contribution in [0.15, 0.2) is 29.3 Å². The highest BCUT2D eigenvalue weighted by Gasteiger charge is 2.29. The lowest BCUT2D eigenvalue weighted by Crippen LogP contribution is -2.38. The number of benzene rings is 1. The quantitative estimate of drug-likeness (QED) is 0.581. The van der Waals surface area contributed by atoms with Gasteiger partial charge >= 0.3 is 0 Å². The molecule has 1 aromatic carbocycles. The summed E-state index contributed by atoms with van der Waals surface area (Å²) in [6.45, 7) is 1.94. The Kier molecular flexibility index (Phi) is 5.18. The number of imidazole rings is 1. The second kappa shape index (κ2) is 7.60. The molecule has 0 saturated heterocycles. The number of nitrogens with one attached hydrogen (secondary N) is 1. The van der Waals surface area contributed by atoms with Crippen molar-refractivity contribution < 1.29 is 13.5 Å². The number of aromatic nitrogens is 2. The van der Waals surface area contributed by atoms with Crippen molar-refractivity contribution in [1.82, 2.24) is 14.1 Å². The lowest BCUT2D eigenvalue weighted by Gasteiger charge is -2.26. The van der Waals surface area contributed by atoms with Gasteiger partial charge in [-0.15, -0.1) is 11.3 Å². The van der Waals surface area contributed by atoms with Crippen LogP contribution in [0.3, 0.4) is 0 Å². The van der Waals surface area contributed by atoms with E-state index in [4.69, 9.17) is 16.6 Å². The molecule has 2 saturated carbocycles. The Balaban J connectivity index is 1.50. The average Bonchev–Trinajstić information content (AvgIpc) is 3.40. The molecule has 0 amide bonds. The molecule has 2 fully saturated rings. The van der Waals surface area contributed by atoms with E-state index in [2.05, 4.69) is 15.3 Å². The Morgan fingerprint density at radius 3 is 2.63 bits per heavy atom. The number of aliphatic hydroxyl groups is 1. The minimum Gasteiger partial charge on any atom is -0.393 e. The molecule has 160 valence electrons. The van der Waals surface area contributed by atoms with Crippen molar-refractivity contribution in [3.8, 4) is 11.3 Å². The highest BCUT2D eigenvalue weighted by Crippen LogP contribution is 2.44. The first-order chi connectivity index (χ1) is 14.3. The van der Waals surface area contributed by atoms with Gasteiger partial charge in [0.15, 0.2) is 4.96 Å². The Morgan fingerprint density at radius 1 is 1.20 bits per heavy atom. The number of sulfonamides is 1. The molecule has 2 heterocycles. The van der Waals surface area contributed by atoms with Crippen LogP contribution in [0.25, 0.3) is 16.2 Å². The van der Waals surface area contributed by atoms with Gasteiger partial charge in [-0.05, 0) is 63.5 Å². The maximum absolute atomic E-state index is 13.1. The van der Waals surface area contributed by atoms with E-state index in [1.165, 1.54) is 17.7 Å². The highest BCUT2D eigenvalue weighted by molar-refractivity contribution is 7.89. The number of fused-ring (bicyclic) bond motifs is 1. The first-order valence-electron chi connectivity index (χ1n) is 10.3. The summed E-state index contributed by atoms with van der Waals surface area (Å²) in [6.07, 6.45) is 6.72. The monoisotopic (exact) mass is 465 g/mol. The topological polar surface area (TPSA) is 83.7 Å². The molecule has 2 aliphatic carbocycles. The normalized spacial score (nSPS) is 22.6. The van der Waals surface area contributed by atoms with Crippen LogP contribution in [0, 0.1) is 6.92 Å². The summed E-state index contributed by atoms with van der Waals surface area (Å²) < 4.78 is 31.0. The van der Waals surface area contributed by atoms with E-state index in [9.17, 15) is 13.5 Å². The Labute approximate surface area is 185 Å². The lowest BCUT2D eigenvalue weighted by molar-refractivity contribution is 0.120. The number of thiazole rings is 1. The van der Waals surface area contributed by atoms with E-state index in [0.717, 1.165) is 21.9 Å². The van der Waals surface area contributed by atoms with Gasteiger partial charge in [-0.1, -0.05) is 17.7 Å². The fourth-order valence-corrected chi connectivity index (χ4v) is 7.24. The van der Waals surface area contributed by atoms with Crippen LogP contribution >= 0.6 is 22.9 Å². The number of aryl methyl sites for hydroxylation is 1. The summed E-state index contributed by atoms with van der Waals surface area (Å²) in [5.41, 5.74) is 2.55. The molecular weight excluding hydrogens is 442 g/mol. The molecule has 2 aromatic heterocycles. The summed E-state index contributed by atoms with van der Waals surface area (Å²) in [4.78, 5) is 7.05. The zero-order valence-electron chi connectivity index (χ0n) is 16.6. The Bertz CT molecular complexity index is 1210. The van der Waals surface area contributed by atoms with Crippen LogP contribution < -0.4 is 4.72 Å². The van der Waals surface area contributed by atoms with E-state index < -0.39 is 10.0 Å². The largest absolute Gasteiger partial charge is 0.393 e. The molecule has 5 rings (SSSR count). The molecular formula is C21H24ClN3O3S2. The van der Waals surface area contributed by atoms with Crippen LogP contribution in [-0.4, -0.2) is 35.1 Å². The maximum Gasteiger partial charge on any atom is 0.242 e. The van der Waals surface area contributed by atoms with Gasteiger partial charge < -0.3 is 5.11 Å². The smallest absolute Gasteiger partial charge is 0.242 e. The predicted molar refractivity (Wildman–Crippen MR) is 119 cm³/mol. The Hall–Kier alpha value is -1.45. The average molecular weight is 466 g/mol. The number of aliphatic hydroxyl groups excluding tert-OH is 1. The van der Waals surface area contributed by atoms with Crippen molar-refractivity contribution in [2.24, 2.45) is 0 Å². The maximum atomic E-state index is 13.1. The van der Waals surface area contributed by atoms with E-state index in [-0.39, 0.29) is 22.1 Å². The second-order valence-corrected chi connectivity index (χ2v) is 11.5. The Morgan fingerprint density at radius 2 is 1.93 bits per heavy atom. The lowest BCUT2D eigenvalue weighted by atomic mass is 9.94. The minimum absolute atomic E-state index is 0.0831. The number of halogens is 1. The third kappa shape index (κ3) is 3.80. The fourth-order valence-electron chi connectivity index (χ4n) is 4.21. The van der Waals surface area contributed by atoms with Crippen molar-refractivity contribution >= 4 is 37.9 Å². The molecule has 6 nitrogen and oxygen atoms in total. The molecule has 2 N–H and O–H groups in total. The zero-order valence-corrected chi connectivity index (χ0v) is 19.0. The number of hydrogen-bond acceptors (Lipinski definition) is 5. The van der Waals surface area contributed by atoms with Crippen LogP contribution in [0.4, 0.5) is 0 Å². The van der Waals surface area contributed by atoms with Gasteiger partial charge in [-0.2, -0.15) is 0 Å². The van der Waals surface area contributed by atoms with E-state index >= 15 is 0 Å². The SMILES string of the molecule is Cc1nc2sc(C3CC3)cn2c1-c1ccc(Cl)c(S(=O)(=O)NC2CCC(O)CC2)c1. The summed E-state index contributed by atoms with van der Waals surface area (Å²) >= 11 is 8.02. The summed E-state index contributed by atoms with van der Waals surface area (Å²) in [6, 6.07) is 4.96. The van der Waals surface area contributed by atoms with Crippen LogP contribution in [0.2, 0.25) is 5.02 Å². The number of nitrogens with zero attached hydrogens (tertiary/aromatic N) is 2. The van der Waals surface area contributed by atoms with Gasteiger partial charge in [-0.25, -0.2) is 18.1 Å². The van der Waals surface area contributed by atoms with Crippen molar-refractivity contribution in [3.63, 3.8) is 0 Å². The van der Waals surface area contributed by atoms with Gasteiger partial charge in [0.05, 0.1) is 22.5 Å². The van der Waals surface area contributed by atoms with E-state index in [1.54, 1.807) is 23.5 Å². The predicted octanol–water partition coefficient (Wildman–Crippen LogP) is 4.48. The summed E-state index contributed by atoms with van der Waals surface area (Å²) in [7, 11) is -3.78. The second-order valence-electron chi connectivity index (χ2n) is 8.38. The first kappa shape index (κ1) is 20.5. The van der Waals surface area contributed by atoms with E-state index in [1.807, 2.05) is 13.0 Å². The first-order valence-corrected chi connectivity index (χ1v) is 13.0. The fraction of sp³-hybridized carbons (Fsp3) is 0.476. The van der Waals surface area contributed by atoms with Gasteiger partial charge in [0.1, 0.15) is 4.90 Å². The van der Waals surface area contributed by atoms with Gasteiger partial charge in [0, 0.05) is 22.7 Å². The molecule has 0 unspecified atom stereocenters. The van der Waals surface area contributed by atoms with Crippen molar-refractivity contribution in [2.75, 3.05) is 0 Å². The van der Waals surface area contributed by atoms with Crippen LogP contribution in [-0.2, 0) is 10.0 Å². The highest BCUT2D eigenvalue weighted by atomic mass is 35.5. The molecule has 0 atom stereocenters. The zero-order chi connectivity index (χ0) is 21.0. The van der Waals surface area contributed by atoms with Gasteiger partial charge in [-0.3, -0.25) is 4.40 Å². The molecule has 0 aliphatic heterocycles. The van der Waals surface area contributed by atoms with Gasteiger partial charge in [0.25, 0.3) is 0 Å². The number of rotatable bonds is 5. The van der Waals surface area contributed by atoms with Gasteiger partial charge in [0.2, 0.25) is 10.0 Å². The molecule has 2 aliphatic rings. The molecule has 9 heteroatoms. The molecule has 0 bridgehead atoms. The van der Waals surface area contributed by atoms with Crippen molar-refractivity contribution in [2.45, 2.75) is 68.4 Å². The standard InChI is InChI=1S/C21H24ClN3O3S2/c1-12-20(25-11-18(13-2-3-13)29-21(25)23-12)14-4-9-17(22)19(10-14)30(27,28)24-15-5-7-16(26)8-6-15/h4,9-11,13,15-16,24,26H,2-3,5-8H2,1H3. The van der Waals surface area contributed by atoms with Crippen molar-refractivity contribution in [3.05, 3.63) is 40.0 Å². The molecule has 3 aromatic rings. The minimum atomic E-state index is -3.78.